The van der Waals surface area contributed by atoms with Crippen molar-refractivity contribution in [1.29, 1.82) is 0 Å². The summed E-state index contributed by atoms with van der Waals surface area (Å²) in [5, 5.41) is 3.20. The van der Waals surface area contributed by atoms with Crippen molar-refractivity contribution in [2.75, 3.05) is 20.2 Å². The van der Waals surface area contributed by atoms with Gasteiger partial charge in [-0.2, -0.15) is 0 Å². The summed E-state index contributed by atoms with van der Waals surface area (Å²) in [5.74, 6) is -0.305. The van der Waals surface area contributed by atoms with Gasteiger partial charge < -0.3 is 9.47 Å². The molecule has 1 aromatic heterocycles. The molecule has 0 aliphatic carbocycles. The number of carbonyl (C=O) groups is 1. The van der Waals surface area contributed by atoms with Crippen LogP contribution in [0.4, 0.5) is 0 Å². The number of carbonyl (C=O) groups excluding carboxylic acids is 1. The van der Waals surface area contributed by atoms with Gasteiger partial charge in [-0.15, -0.1) is 11.3 Å². The first-order chi connectivity index (χ1) is 9.79. The average Bonchev–Trinajstić information content (AvgIpc) is 2.85. The molecule has 5 nitrogen and oxygen atoms in total. The molecule has 1 saturated heterocycles. The summed E-state index contributed by atoms with van der Waals surface area (Å²) in [5.41, 5.74) is 1.19. The van der Waals surface area contributed by atoms with E-state index in [1.54, 1.807) is 11.3 Å². The Labute approximate surface area is 130 Å². The summed E-state index contributed by atoms with van der Waals surface area (Å²) in [4.78, 5) is 18.6. The Morgan fingerprint density at radius 3 is 2.81 bits per heavy atom. The van der Waals surface area contributed by atoms with E-state index in [1.807, 2.05) is 6.92 Å². The molecular weight excluding hydrogens is 288 g/mol. The molecule has 6 heteroatoms. The predicted molar refractivity (Wildman–Crippen MR) is 82.4 cm³/mol. The topological polar surface area (TPSA) is 51.7 Å². The zero-order valence-electron chi connectivity index (χ0n) is 13.4. The standard InChI is InChI=1S/C15H24N2O3S/c1-10-6-17(7-11(20-10)14(18)19-5)8-13-16-12(9-21-13)15(2,3)4/h9-11H,6-8H2,1-5H3/t10-,11-/m1/s1. The first-order valence-electron chi connectivity index (χ1n) is 7.20. The molecule has 0 spiro atoms. The Morgan fingerprint density at radius 1 is 1.52 bits per heavy atom. The van der Waals surface area contributed by atoms with Crippen LogP contribution in [0, 0.1) is 0 Å². The highest BCUT2D eigenvalue weighted by Gasteiger charge is 2.31. The summed E-state index contributed by atoms with van der Waals surface area (Å²) < 4.78 is 10.4. The van der Waals surface area contributed by atoms with Crippen molar-refractivity contribution in [2.45, 2.75) is 51.9 Å². The van der Waals surface area contributed by atoms with Crippen LogP contribution in [0.1, 0.15) is 38.4 Å². The maximum atomic E-state index is 11.7. The van der Waals surface area contributed by atoms with Gasteiger partial charge in [0.25, 0.3) is 0 Å². The van der Waals surface area contributed by atoms with E-state index in [4.69, 9.17) is 14.5 Å². The normalized spacial score (nSPS) is 24.0. The third kappa shape index (κ3) is 4.25. The Kier molecular flexibility index (Phi) is 5.01. The third-order valence-electron chi connectivity index (χ3n) is 3.48. The van der Waals surface area contributed by atoms with Crippen LogP contribution in [-0.2, 0) is 26.2 Å². The third-order valence-corrected chi connectivity index (χ3v) is 4.31. The molecule has 0 radical (unpaired) electrons. The first-order valence-corrected chi connectivity index (χ1v) is 8.08. The van der Waals surface area contributed by atoms with Gasteiger partial charge in [0.15, 0.2) is 6.10 Å². The van der Waals surface area contributed by atoms with E-state index in [0.717, 1.165) is 23.8 Å². The van der Waals surface area contributed by atoms with Gasteiger partial charge in [0, 0.05) is 23.9 Å². The number of morpholine rings is 1. The predicted octanol–water partition coefficient (Wildman–Crippen LogP) is 2.20. The van der Waals surface area contributed by atoms with Crippen molar-refractivity contribution < 1.29 is 14.3 Å². The Balaban J connectivity index is 2.01. The Bertz CT molecular complexity index is 495. The summed E-state index contributed by atoms with van der Waals surface area (Å²) in [6.07, 6.45) is -0.481. The van der Waals surface area contributed by atoms with E-state index in [-0.39, 0.29) is 17.5 Å². The molecule has 0 aromatic carbocycles. The lowest BCUT2D eigenvalue weighted by atomic mass is 9.93. The van der Waals surface area contributed by atoms with Crippen molar-refractivity contribution in [3.63, 3.8) is 0 Å². The minimum Gasteiger partial charge on any atom is -0.467 e. The molecule has 0 bridgehead atoms. The molecule has 21 heavy (non-hydrogen) atoms. The number of nitrogens with zero attached hydrogens (tertiary/aromatic N) is 2. The maximum absolute atomic E-state index is 11.7. The number of hydrogen-bond acceptors (Lipinski definition) is 6. The van der Waals surface area contributed by atoms with Gasteiger partial charge in [0.05, 0.1) is 25.5 Å². The minimum atomic E-state index is -0.499. The minimum absolute atomic E-state index is 0.0184. The van der Waals surface area contributed by atoms with Crippen LogP contribution >= 0.6 is 11.3 Å². The van der Waals surface area contributed by atoms with E-state index in [9.17, 15) is 4.79 Å². The van der Waals surface area contributed by atoms with Crippen LogP contribution in [0.2, 0.25) is 0 Å². The monoisotopic (exact) mass is 312 g/mol. The van der Waals surface area contributed by atoms with Gasteiger partial charge in [-0.25, -0.2) is 9.78 Å². The van der Waals surface area contributed by atoms with Crippen molar-refractivity contribution in [1.82, 2.24) is 9.88 Å². The molecule has 0 saturated carbocycles. The second-order valence-electron chi connectivity index (χ2n) is 6.53. The molecule has 0 N–H and O–H groups in total. The number of ether oxygens (including phenoxy) is 2. The largest absolute Gasteiger partial charge is 0.467 e. The van der Waals surface area contributed by atoms with Crippen LogP contribution in [0.25, 0.3) is 0 Å². The highest BCUT2D eigenvalue weighted by Crippen LogP contribution is 2.25. The van der Waals surface area contributed by atoms with Gasteiger partial charge >= 0.3 is 5.97 Å². The van der Waals surface area contributed by atoms with Crippen LogP contribution < -0.4 is 0 Å². The molecule has 1 aromatic rings. The fourth-order valence-electron chi connectivity index (χ4n) is 2.35. The van der Waals surface area contributed by atoms with Crippen molar-refractivity contribution in [3.05, 3.63) is 16.1 Å². The number of methoxy groups -OCH3 is 1. The number of rotatable bonds is 3. The molecule has 2 heterocycles. The number of hydrogen-bond donors (Lipinski definition) is 0. The van der Waals surface area contributed by atoms with E-state index in [2.05, 4.69) is 31.1 Å². The quantitative estimate of drug-likeness (QED) is 0.801. The van der Waals surface area contributed by atoms with Crippen LogP contribution in [-0.4, -0.2) is 48.3 Å². The van der Waals surface area contributed by atoms with Gasteiger partial charge in [0.2, 0.25) is 0 Å². The summed E-state index contributed by atoms with van der Waals surface area (Å²) >= 11 is 1.68. The second kappa shape index (κ2) is 6.42. The van der Waals surface area contributed by atoms with Gasteiger partial charge in [-0.3, -0.25) is 4.90 Å². The molecule has 1 aliphatic rings. The van der Waals surface area contributed by atoms with E-state index >= 15 is 0 Å². The summed E-state index contributed by atoms with van der Waals surface area (Å²) in [6.45, 7) is 10.6. The fourth-order valence-corrected chi connectivity index (χ4v) is 3.41. The van der Waals surface area contributed by atoms with Crippen LogP contribution in [0.15, 0.2) is 5.38 Å². The van der Waals surface area contributed by atoms with Crippen LogP contribution in [0.5, 0.6) is 0 Å². The highest BCUT2D eigenvalue weighted by atomic mass is 32.1. The summed E-state index contributed by atoms with van der Waals surface area (Å²) in [7, 11) is 1.39. The van der Waals surface area contributed by atoms with Crippen molar-refractivity contribution in [3.8, 4) is 0 Å². The lowest BCUT2D eigenvalue weighted by Gasteiger charge is -2.34. The van der Waals surface area contributed by atoms with E-state index in [1.165, 1.54) is 7.11 Å². The maximum Gasteiger partial charge on any atom is 0.336 e. The number of aromatic nitrogens is 1. The zero-order chi connectivity index (χ0) is 15.6. The molecule has 2 rings (SSSR count). The van der Waals surface area contributed by atoms with Gasteiger partial charge in [-0.05, 0) is 6.92 Å². The zero-order valence-corrected chi connectivity index (χ0v) is 14.2. The lowest BCUT2D eigenvalue weighted by Crippen LogP contribution is -2.49. The average molecular weight is 312 g/mol. The molecule has 118 valence electrons. The first kappa shape index (κ1) is 16.4. The Hall–Kier alpha value is -0.980. The van der Waals surface area contributed by atoms with Gasteiger partial charge in [-0.1, -0.05) is 20.8 Å². The van der Waals surface area contributed by atoms with Gasteiger partial charge in [0.1, 0.15) is 5.01 Å². The fraction of sp³-hybridized carbons (Fsp3) is 0.733. The van der Waals surface area contributed by atoms with Crippen molar-refractivity contribution in [2.24, 2.45) is 0 Å². The van der Waals surface area contributed by atoms with E-state index in [0.29, 0.717) is 6.54 Å². The molecule has 2 atom stereocenters. The lowest BCUT2D eigenvalue weighted by molar-refractivity contribution is -0.166. The van der Waals surface area contributed by atoms with E-state index < -0.39 is 6.10 Å². The second-order valence-corrected chi connectivity index (χ2v) is 7.47. The molecule has 0 unspecified atom stereocenters. The molecule has 1 aliphatic heterocycles. The smallest absolute Gasteiger partial charge is 0.336 e. The number of esters is 1. The van der Waals surface area contributed by atoms with Crippen LogP contribution in [0.3, 0.4) is 0 Å². The van der Waals surface area contributed by atoms with Crippen molar-refractivity contribution >= 4 is 17.3 Å². The molecule has 0 amide bonds. The molecule has 1 fully saturated rings. The highest BCUT2D eigenvalue weighted by molar-refractivity contribution is 7.09. The molecular formula is C15H24N2O3S. The Morgan fingerprint density at radius 2 is 2.24 bits per heavy atom. The SMILES string of the molecule is COC(=O)[C@H]1CN(Cc2nc(C(C)(C)C)cs2)C[C@@H](C)O1. The summed E-state index contributed by atoms with van der Waals surface area (Å²) in [6, 6.07) is 0. The number of thiazole rings is 1.